The van der Waals surface area contributed by atoms with Gasteiger partial charge in [0.1, 0.15) is 0 Å². The molecule has 0 bridgehead atoms. The molecule has 1 aromatic carbocycles. The van der Waals surface area contributed by atoms with E-state index in [9.17, 15) is 0 Å². The van der Waals surface area contributed by atoms with E-state index in [0.717, 1.165) is 19.5 Å². The third-order valence-electron chi connectivity index (χ3n) is 3.69. The predicted octanol–water partition coefficient (Wildman–Crippen LogP) is 2.39. The number of hydrogen-bond donors (Lipinski definition) is 2. The second-order valence-electron chi connectivity index (χ2n) is 5.64. The molecular formula is C18H24N4S. The van der Waals surface area contributed by atoms with Gasteiger partial charge in [0, 0.05) is 25.5 Å². The van der Waals surface area contributed by atoms with Gasteiger partial charge >= 0.3 is 0 Å². The number of likely N-dealkylation sites (N-methyl/N-ethyl adjacent to an activating group) is 1. The Balaban J connectivity index is 1.76. The lowest BCUT2D eigenvalue weighted by Crippen LogP contribution is -2.41. The quantitative estimate of drug-likeness (QED) is 0.764. The number of rotatable bonds is 7. The van der Waals surface area contributed by atoms with Crippen molar-refractivity contribution in [3.8, 4) is 0 Å². The first-order chi connectivity index (χ1) is 11.2. The third kappa shape index (κ3) is 5.96. The van der Waals surface area contributed by atoms with Crippen LogP contribution in [0, 0.1) is 0 Å². The van der Waals surface area contributed by atoms with Crippen LogP contribution in [0.25, 0.3) is 0 Å². The number of hydrogen-bond acceptors (Lipinski definition) is 3. The zero-order valence-electron chi connectivity index (χ0n) is 13.7. The molecule has 1 atom stereocenters. The van der Waals surface area contributed by atoms with E-state index in [1.165, 1.54) is 11.1 Å². The molecule has 0 spiro atoms. The van der Waals surface area contributed by atoms with Crippen LogP contribution in [0.4, 0.5) is 0 Å². The summed E-state index contributed by atoms with van der Waals surface area (Å²) in [4.78, 5) is 6.36. The van der Waals surface area contributed by atoms with E-state index in [2.05, 4.69) is 64.9 Å². The topological polar surface area (TPSA) is 40.2 Å². The van der Waals surface area contributed by atoms with E-state index in [-0.39, 0.29) is 6.04 Å². The fourth-order valence-corrected chi connectivity index (χ4v) is 2.57. The first kappa shape index (κ1) is 17.4. The van der Waals surface area contributed by atoms with Crippen LogP contribution in [0.2, 0.25) is 0 Å². The molecule has 0 aliphatic heterocycles. The Kier molecular flexibility index (Phi) is 6.97. The molecule has 0 amide bonds. The maximum atomic E-state index is 5.37. The number of aromatic nitrogens is 1. The van der Waals surface area contributed by atoms with Gasteiger partial charge in [0.15, 0.2) is 5.11 Å². The Bertz CT molecular complexity index is 586. The van der Waals surface area contributed by atoms with Crippen molar-refractivity contribution >= 4 is 17.3 Å². The summed E-state index contributed by atoms with van der Waals surface area (Å²) in [7, 11) is 4.12. The van der Waals surface area contributed by atoms with Gasteiger partial charge in [-0.2, -0.15) is 0 Å². The summed E-state index contributed by atoms with van der Waals surface area (Å²) in [5.41, 5.74) is 2.49. The number of benzene rings is 1. The molecule has 0 unspecified atom stereocenters. The van der Waals surface area contributed by atoms with Crippen molar-refractivity contribution in [1.29, 1.82) is 0 Å². The van der Waals surface area contributed by atoms with E-state index >= 15 is 0 Å². The van der Waals surface area contributed by atoms with E-state index in [0.29, 0.717) is 5.11 Å². The lowest BCUT2D eigenvalue weighted by molar-refractivity contribution is 0.298. The molecule has 0 fully saturated rings. The van der Waals surface area contributed by atoms with Gasteiger partial charge in [-0.15, -0.1) is 0 Å². The molecule has 2 N–H and O–H groups in total. The van der Waals surface area contributed by atoms with E-state index in [4.69, 9.17) is 12.2 Å². The fraction of sp³-hybridized carbons (Fsp3) is 0.333. The van der Waals surface area contributed by atoms with Crippen LogP contribution in [-0.2, 0) is 6.42 Å². The summed E-state index contributed by atoms with van der Waals surface area (Å²) in [5, 5.41) is 7.25. The molecule has 23 heavy (non-hydrogen) atoms. The van der Waals surface area contributed by atoms with Crippen LogP contribution in [-0.4, -0.2) is 42.2 Å². The lowest BCUT2D eigenvalue weighted by Gasteiger charge is -2.25. The van der Waals surface area contributed by atoms with Crippen molar-refractivity contribution in [1.82, 2.24) is 20.5 Å². The summed E-state index contributed by atoms with van der Waals surface area (Å²) in [6.45, 7) is 1.57. The molecule has 2 aromatic rings. The maximum absolute atomic E-state index is 5.37. The molecule has 0 saturated carbocycles. The fourth-order valence-electron chi connectivity index (χ4n) is 2.39. The first-order valence-corrected chi connectivity index (χ1v) is 8.19. The molecule has 122 valence electrons. The van der Waals surface area contributed by atoms with Gasteiger partial charge in [0.2, 0.25) is 0 Å². The summed E-state index contributed by atoms with van der Waals surface area (Å²) in [6, 6.07) is 14.7. The monoisotopic (exact) mass is 328 g/mol. The molecular weight excluding hydrogens is 304 g/mol. The Labute approximate surface area is 143 Å². The van der Waals surface area contributed by atoms with Crippen LogP contribution in [0.5, 0.6) is 0 Å². The molecule has 1 aromatic heterocycles. The van der Waals surface area contributed by atoms with Gasteiger partial charge in [-0.05, 0) is 49.9 Å². The second kappa shape index (κ2) is 9.22. The molecule has 2 rings (SSSR count). The maximum Gasteiger partial charge on any atom is 0.166 e. The molecule has 0 saturated heterocycles. The zero-order valence-corrected chi connectivity index (χ0v) is 14.5. The normalized spacial score (nSPS) is 12.0. The van der Waals surface area contributed by atoms with Crippen LogP contribution in [0.15, 0.2) is 54.9 Å². The molecule has 0 radical (unpaired) electrons. The first-order valence-electron chi connectivity index (χ1n) is 7.79. The van der Waals surface area contributed by atoms with Gasteiger partial charge in [-0.3, -0.25) is 4.98 Å². The Morgan fingerprint density at radius 1 is 1.13 bits per heavy atom. The van der Waals surface area contributed by atoms with Crippen LogP contribution >= 0.6 is 12.2 Å². The molecule has 4 nitrogen and oxygen atoms in total. The lowest BCUT2D eigenvalue weighted by atomic mass is 10.1. The zero-order chi connectivity index (χ0) is 16.5. The highest BCUT2D eigenvalue weighted by atomic mass is 32.1. The number of nitrogens with zero attached hydrogens (tertiary/aromatic N) is 2. The highest BCUT2D eigenvalue weighted by Gasteiger charge is 2.14. The number of nitrogens with one attached hydrogen (secondary N) is 2. The smallest absolute Gasteiger partial charge is 0.166 e. The summed E-state index contributed by atoms with van der Waals surface area (Å²) in [6.07, 6.45) is 4.65. The van der Waals surface area contributed by atoms with Crippen molar-refractivity contribution in [3.63, 3.8) is 0 Å². The van der Waals surface area contributed by atoms with Crippen molar-refractivity contribution in [2.24, 2.45) is 0 Å². The number of thiocarbonyl (C=S) groups is 1. The van der Waals surface area contributed by atoms with Crippen LogP contribution in [0.1, 0.15) is 17.2 Å². The Morgan fingerprint density at radius 2 is 1.91 bits per heavy atom. The Hall–Kier alpha value is -1.98. The van der Waals surface area contributed by atoms with Gasteiger partial charge in [0.05, 0.1) is 6.04 Å². The summed E-state index contributed by atoms with van der Waals surface area (Å²) >= 11 is 5.37. The van der Waals surface area contributed by atoms with Crippen molar-refractivity contribution in [3.05, 3.63) is 66.0 Å². The van der Waals surface area contributed by atoms with Gasteiger partial charge in [-0.1, -0.05) is 36.4 Å². The van der Waals surface area contributed by atoms with E-state index in [1.54, 1.807) is 6.20 Å². The minimum absolute atomic E-state index is 0.234. The van der Waals surface area contributed by atoms with E-state index < -0.39 is 0 Å². The highest BCUT2D eigenvalue weighted by Crippen LogP contribution is 2.15. The highest BCUT2D eigenvalue weighted by molar-refractivity contribution is 7.80. The second-order valence-corrected chi connectivity index (χ2v) is 6.05. The average molecular weight is 328 g/mol. The summed E-state index contributed by atoms with van der Waals surface area (Å²) < 4.78 is 0. The molecule has 0 aliphatic rings. The Morgan fingerprint density at radius 3 is 2.57 bits per heavy atom. The standard InChI is InChI=1S/C18H24N4S/c1-22(2)17(16-9-6-11-19-13-16)14-21-18(23)20-12-10-15-7-4-3-5-8-15/h3-9,11,13,17H,10,12,14H2,1-2H3,(H2,20,21,23)/t17-/m0/s1. The van der Waals surface area contributed by atoms with Gasteiger partial charge in [-0.25, -0.2) is 0 Å². The third-order valence-corrected chi connectivity index (χ3v) is 3.98. The van der Waals surface area contributed by atoms with Crippen LogP contribution in [0.3, 0.4) is 0 Å². The summed E-state index contributed by atoms with van der Waals surface area (Å²) in [5.74, 6) is 0. The minimum Gasteiger partial charge on any atom is -0.362 e. The molecule has 5 heteroatoms. The SMILES string of the molecule is CN(C)[C@@H](CNC(=S)NCCc1ccccc1)c1cccnc1. The average Bonchev–Trinajstić information content (AvgIpc) is 2.57. The largest absolute Gasteiger partial charge is 0.362 e. The van der Waals surface area contributed by atoms with Crippen molar-refractivity contribution in [2.45, 2.75) is 12.5 Å². The van der Waals surface area contributed by atoms with Crippen molar-refractivity contribution < 1.29 is 0 Å². The predicted molar refractivity (Wildman–Crippen MR) is 99.4 cm³/mol. The minimum atomic E-state index is 0.234. The van der Waals surface area contributed by atoms with Gasteiger partial charge in [0.25, 0.3) is 0 Å². The molecule has 0 aliphatic carbocycles. The van der Waals surface area contributed by atoms with Crippen LogP contribution < -0.4 is 10.6 Å². The number of pyridine rings is 1. The van der Waals surface area contributed by atoms with Gasteiger partial charge < -0.3 is 15.5 Å². The van der Waals surface area contributed by atoms with E-state index in [1.807, 2.05) is 18.3 Å². The molecule has 1 heterocycles. The van der Waals surface area contributed by atoms with Crippen molar-refractivity contribution in [2.75, 3.05) is 27.2 Å².